The molecule has 1 fully saturated rings. The topological polar surface area (TPSA) is 0 Å². The van der Waals surface area contributed by atoms with Gasteiger partial charge >= 0.3 is 0 Å². The van der Waals surface area contributed by atoms with E-state index in [9.17, 15) is 0 Å². The third kappa shape index (κ3) is 5.85. The van der Waals surface area contributed by atoms with Gasteiger partial charge in [0.15, 0.2) is 0 Å². The lowest BCUT2D eigenvalue weighted by Crippen LogP contribution is -2.10. The van der Waals surface area contributed by atoms with Gasteiger partial charge in [-0.1, -0.05) is 65.3 Å². The van der Waals surface area contributed by atoms with Crippen LogP contribution in [-0.4, -0.2) is 0 Å². The van der Waals surface area contributed by atoms with Crippen LogP contribution in [0.1, 0.15) is 67.7 Å². The Labute approximate surface area is 127 Å². The van der Waals surface area contributed by atoms with Crippen LogP contribution in [0.25, 0.3) is 0 Å². The Morgan fingerprint density at radius 3 is 2.10 bits per heavy atom. The summed E-state index contributed by atoms with van der Waals surface area (Å²) < 4.78 is 0. The van der Waals surface area contributed by atoms with E-state index in [2.05, 4.69) is 66.7 Å². The fourth-order valence-electron chi connectivity index (χ4n) is 3.25. The summed E-state index contributed by atoms with van der Waals surface area (Å²) >= 11 is 0. The molecule has 0 aromatic heterocycles. The molecule has 0 radical (unpaired) electrons. The van der Waals surface area contributed by atoms with Gasteiger partial charge in [0.25, 0.3) is 0 Å². The zero-order valence-corrected chi connectivity index (χ0v) is 14.8. The molecule has 4 atom stereocenters. The Morgan fingerprint density at radius 2 is 1.60 bits per heavy atom. The Bertz CT molecular complexity index is 326. The highest BCUT2D eigenvalue weighted by molar-refractivity contribution is 5.20. The highest BCUT2D eigenvalue weighted by atomic mass is 14.4. The molecule has 116 valence electrons. The third-order valence-corrected chi connectivity index (χ3v) is 5.34. The molecule has 1 rings (SSSR count). The van der Waals surface area contributed by atoms with Gasteiger partial charge in [0, 0.05) is 0 Å². The van der Waals surface area contributed by atoms with E-state index in [0.717, 1.165) is 35.5 Å². The molecule has 0 amide bonds. The van der Waals surface area contributed by atoms with Crippen molar-refractivity contribution in [1.82, 2.24) is 0 Å². The summed E-state index contributed by atoms with van der Waals surface area (Å²) in [4.78, 5) is 0. The van der Waals surface area contributed by atoms with Crippen molar-refractivity contribution in [3.05, 3.63) is 23.8 Å². The molecule has 0 spiro atoms. The maximum Gasteiger partial charge on any atom is -0.0171 e. The summed E-state index contributed by atoms with van der Waals surface area (Å²) in [6.07, 6.45) is 11.1. The Balaban J connectivity index is 2.24. The van der Waals surface area contributed by atoms with Gasteiger partial charge in [0.05, 0.1) is 0 Å². The minimum absolute atomic E-state index is 0.829. The molecule has 0 N–H and O–H groups in total. The molecule has 0 aromatic rings. The standard InChI is InChI=1S/C20H36/c1-14(2)12-17(5)16(4)11-9-8-10-15(3)13-20-18(6)19(20)7/h8,10,13-14,16-20H,9,11-12H2,1-7H3. The fourth-order valence-corrected chi connectivity index (χ4v) is 3.25. The highest BCUT2D eigenvalue weighted by Crippen LogP contribution is 2.46. The minimum Gasteiger partial charge on any atom is -0.0843 e. The van der Waals surface area contributed by atoms with E-state index in [1.54, 1.807) is 0 Å². The lowest BCUT2D eigenvalue weighted by molar-refractivity contribution is 0.310. The lowest BCUT2D eigenvalue weighted by atomic mass is 9.85. The molecule has 0 aromatic carbocycles. The van der Waals surface area contributed by atoms with Gasteiger partial charge in [0.1, 0.15) is 0 Å². The maximum absolute atomic E-state index is 2.47. The van der Waals surface area contributed by atoms with Crippen LogP contribution in [0.5, 0.6) is 0 Å². The average Bonchev–Trinajstić information content (AvgIpc) is 2.91. The molecule has 1 aliphatic carbocycles. The smallest absolute Gasteiger partial charge is 0.0171 e. The van der Waals surface area contributed by atoms with Gasteiger partial charge in [-0.2, -0.15) is 0 Å². The third-order valence-electron chi connectivity index (χ3n) is 5.34. The Kier molecular flexibility index (Phi) is 7.06. The van der Waals surface area contributed by atoms with Crippen molar-refractivity contribution < 1.29 is 0 Å². The van der Waals surface area contributed by atoms with Crippen LogP contribution in [0.3, 0.4) is 0 Å². The zero-order valence-electron chi connectivity index (χ0n) is 14.8. The largest absolute Gasteiger partial charge is 0.0843 e. The first kappa shape index (κ1) is 17.5. The zero-order chi connectivity index (χ0) is 15.3. The van der Waals surface area contributed by atoms with Crippen LogP contribution in [0.4, 0.5) is 0 Å². The van der Waals surface area contributed by atoms with E-state index in [-0.39, 0.29) is 0 Å². The fraction of sp³-hybridized carbons (Fsp3) is 0.800. The Morgan fingerprint density at radius 1 is 1.00 bits per heavy atom. The molecule has 1 saturated carbocycles. The normalized spacial score (nSPS) is 30.0. The number of hydrogen-bond donors (Lipinski definition) is 0. The molecular weight excluding hydrogens is 240 g/mol. The second-order valence-corrected chi connectivity index (χ2v) is 7.77. The summed E-state index contributed by atoms with van der Waals surface area (Å²) in [5.41, 5.74) is 1.45. The van der Waals surface area contributed by atoms with E-state index in [0.29, 0.717) is 0 Å². The predicted molar refractivity (Wildman–Crippen MR) is 91.7 cm³/mol. The molecule has 0 heteroatoms. The van der Waals surface area contributed by atoms with Crippen LogP contribution in [0, 0.1) is 35.5 Å². The van der Waals surface area contributed by atoms with Crippen LogP contribution in [-0.2, 0) is 0 Å². The van der Waals surface area contributed by atoms with E-state index in [1.165, 1.54) is 24.8 Å². The molecular formula is C20H36. The van der Waals surface area contributed by atoms with Crippen molar-refractivity contribution >= 4 is 0 Å². The van der Waals surface area contributed by atoms with Crippen molar-refractivity contribution in [2.75, 3.05) is 0 Å². The molecule has 1 aliphatic rings. The first-order valence-corrected chi connectivity index (χ1v) is 8.67. The first-order valence-electron chi connectivity index (χ1n) is 8.67. The van der Waals surface area contributed by atoms with E-state index < -0.39 is 0 Å². The number of hydrogen-bond acceptors (Lipinski definition) is 0. The van der Waals surface area contributed by atoms with E-state index in [4.69, 9.17) is 0 Å². The van der Waals surface area contributed by atoms with Crippen molar-refractivity contribution in [1.29, 1.82) is 0 Å². The van der Waals surface area contributed by atoms with Crippen LogP contribution >= 0.6 is 0 Å². The molecule has 20 heavy (non-hydrogen) atoms. The lowest BCUT2D eigenvalue weighted by Gasteiger charge is -2.21. The SMILES string of the molecule is CC(C=CCCC(C)C(C)CC(C)C)=CC1C(C)C1C. The van der Waals surface area contributed by atoms with Gasteiger partial charge < -0.3 is 0 Å². The molecule has 0 bridgehead atoms. The molecule has 0 aliphatic heterocycles. The van der Waals surface area contributed by atoms with Crippen molar-refractivity contribution in [2.24, 2.45) is 35.5 Å². The van der Waals surface area contributed by atoms with Crippen LogP contribution < -0.4 is 0 Å². The monoisotopic (exact) mass is 276 g/mol. The maximum atomic E-state index is 2.47. The molecule has 0 heterocycles. The summed E-state index contributed by atoms with van der Waals surface area (Å²) in [5, 5.41) is 0. The van der Waals surface area contributed by atoms with Gasteiger partial charge in [-0.3, -0.25) is 0 Å². The quantitative estimate of drug-likeness (QED) is 0.444. The summed E-state index contributed by atoms with van der Waals surface area (Å²) in [5.74, 6) is 5.16. The number of rotatable bonds is 8. The first-order chi connectivity index (χ1) is 9.32. The van der Waals surface area contributed by atoms with Gasteiger partial charge in [-0.15, -0.1) is 0 Å². The Hall–Kier alpha value is -0.520. The molecule has 0 saturated heterocycles. The van der Waals surface area contributed by atoms with Crippen molar-refractivity contribution in [2.45, 2.75) is 67.7 Å². The predicted octanol–water partition coefficient (Wildman–Crippen LogP) is 6.49. The van der Waals surface area contributed by atoms with E-state index >= 15 is 0 Å². The van der Waals surface area contributed by atoms with Gasteiger partial charge in [0.2, 0.25) is 0 Å². The van der Waals surface area contributed by atoms with Gasteiger partial charge in [-0.25, -0.2) is 0 Å². The number of allylic oxidation sites excluding steroid dienone is 4. The highest BCUT2D eigenvalue weighted by Gasteiger charge is 2.40. The van der Waals surface area contributed by atoms with Gasteiger partial charge in [-0.05, 0) is 61.7 Å². The second kappa shape index (κ2) is 8.05. The van der Waals surface area contributed by atoms with Crippen molar-refractivity contribution in [3.8, 4) is 0 Å². The molecule has 4 unspecified atom stereocenters. The summed E-state index contributed by atoms with van der Waals surface area (Å²) in [6, 6.07) is 0. The minimum atomic E-state index is 0.829. The summed E-state index contributed by atoms with van der Waals surface area (Å²) in [6.45, 7) is 16.5. The summed E-state index contributed by atoms with van der Waals surface area (Å²) in [7, 11) is 0. The molecule has 0 nitrogen and oxygen atoms in total. The average molecular weight is 277 g/mol. The van der Waals surface area contributed by atoms with E-state index in [1.807, 2.05) is 0 Å². The second-order valence-electron chi connectivity index (χ2n) is 7.77. The van der Waals surface area contributed by atoms with Crippen LogP contribution in [0.15, 0.2) is 23.8 Å². The van der Waals surface area contributed by atoms with Crippen LogP contribution in [0.2, 0.25) is 0 Å². The van der Waals surface area contributed by atoms with Crippen molar-refractivity contribution in [3.63, 3.8) is 0 Å².